The normalized spacial score (nSPS) is 11.6. The van der Waals surface area contributed by atoms with Crippen molar-refractivity contribution in [3.63, 3.8) is 0 Å². The van der Waals surface area contributed by atoms with Crippen LogP contribution in [0.25, 0.3) is 22.5 Å². The number of rotatable bonds is 5. The number of aryl methyl sites for hydroxylation is 1. The molecule has 2 aromatic carbocycles. The Balaban J connectivity index is 1.84. The van der Waals surface area contributed by atoms with Crippen LogP contribution in [-0.2, 0) is 6.42 Å². The molecule has 6 heteroatoms. The SMILES string of the molecule is CCc1ccc(-c2noc(/C(Cl)=C/c3ccc(OC)c(O)c3)n2)cc1. The third kappa shape index (κ3) is 3.83. The minimum absolute atomic E-state index is 0.0305. The number of ether oxygens (including phenoxy) is 1. The highest BCUT2D eigenvalue weighted by atomic mass is 35.5. The summed E-state index contributed by atoms with van der Waals surface area (Å²) in [4.78, 5) is 4.32. The van der Waals surface area contributed by atoms with E-state index in [1.807, 2.05) is 24.3 Å². The Morgan fingerprint density at radius 2 is 2.00 bits per heavy atom. The van der Waals surface area contributed by atoms with Gasteiger partial charge in [-0.2, -0.15) is 4.98 Å². The van der Waals surface area contributed by atoms with Crippen molar-refractivity contribution >= 4 is 22.7 Å². The van der Waals surface area contributed by atoms with E-state index >= 15 is 0 Å². The highest BCUT2D eigenvalue weighted by Gasteiger charge is 2.12. The third-order valence-electron chi connectivity index (χ3n) is 3.75. The molecule has 3 rings (SSSR count). The molecule has 25 heavy (non-hydrogen) atoms. The second-order valence-electron chi connectivity index (χ2n) is 5.40. The monoisotopic (exact) mass is 356 g/mol. The van der Waals surface area contributed by atoms with Gasteiger partial charge in [0.2, 0.25) is 5.82 Å². The van der Waals surface area contributed by atoms with Crippen molar-refractivity contribution in [1.82, 2.24) is 10.1 Å². The number of aromatic nitrogens is 2. The number of hydrogen-bond acceptors (Lipinski definition) is 5. The molecule has 3 aromatic rings. The molecule has 1 aromatic heterocycles. The summed E-state index contributed by atoms with van der Waals surface area (Å²) in [5, 5.41) is 14.1. The summed E-state index contributed by atoms with van der Waals surface area (Å²) in [6.07, 6.45) is 2.61. The second kappa shape index (κ2) is 7.40. The Hall–Kier alpha value is -2.79. The van der Waals surface area contributed by atoms with E-state index in [2.05, 4.69) is 17.1 Å². The molecule has 5 nitrogen and oxygen atoms in total. The zero-order valence-electron chi connectivity index (χ0n) is 13.9. The molecule has 0 atom stereocenters. The predicted molar refractivity (Wildman–Crippen MR) is 97.5 cm³/mol. The molecule has 0 aliphatic rings. The van der Waals surface area contributed by atoms with Crippen molar-refractivity contribution in [3.05, 3.63) is 59.5 Å². The van der Waals surface area contributed by atoms with Gasteiger partial charge in [0.15, 0.2) is 11.5 Å². The van der Waals surface area contributed by atoms with Gasteiger partial charge < -0.3 is 14.4 Å². The lowest BCUT2D eigenvalue weighted by atomic mass is 10.1. The van der Waals surface area contributed by atoms with Crippen LogP contribution in [0.5, 0.6) is 11.5 Å². The van der Waals surface area contributed by atoms with E-state index in [1.54, 1.807) is 24.3 Å². The molecule has 0 amide bonds. The highest BCUT2D eigenvalue weighted by Crippen LogP contribution is 2.29. The molecule has 0 bridgehead atoms. The van der Waals surface area contributed by atoms with Gasteiger partial charge in [0.05, 0.1) is 7.11 Å². The Labute approximate surface area is 150 Å². The van der Waals surface area contributed by atoms with Crippen molar-refractivity contribution in [2.45, 2.75) is 13.3 Å². The van der Waals surface area contributed by atoms with Crippen LogP contribution >= 0.6 is 11.6 Å². The van der Waals surface area contributed by atoms with Gasteiger partial charge in [-0.15, -0.1) is 0 Å². The van der Waals surface area contributed by atoms with E-state index in [-0.39, 0.29) is 16.7 Å². The van der Waals surface area contributed by atoms with Crippen molar-refractivity contribution in [1.29, 1.82) is 0 Å². The summed E-state index contributed by atoms with van der Waals surface area (Å²) in [5.41, 5.74) is 2.79. The first kappa shape index (κ1) is 17.0. The first-order valence-electron chi connectivity index (χ1n) is 7.78. The lowest BCUT2D eigenvalue weighted by molar-refractivity contribution is 0.373. The third-order valence-corrected chi connectivity index (χ3v) is 4.02. The van der Waals surface area contributed by atoms with Crippen LogP contribution in [-0.4, -0.2) is 22.4 Å². The average Bonchev–Trinajstić information content (AvgIpc) is 3.12. The fraction of sp³-hybridized carbons (Fsp3) is 0.158. The molecule has 0 aliphatic carbocycles. The number of phenolic OH excluding ortho intramolecular Hbond substituents is 1. The van der Waals surface area contributed by atoms with E-state index in [0.29, 0.717) is 17.1 Å². The summed E-state index contributed by atoms with van der Waals surface area (Å²) in [5.74, 6) is 1.11. The number of halogens is 1. The number of hydrogen-bond donors (Lipinski definition) is 1. The quantitative estimate of drug-likeness (QED) is 0.714. The summed E-state index contributed by atoms with van der Waals surface area (Å²) >= 11 is 6.27. The number of nitrogens with zero attached hydrogens (tertiary/aromatic N) is 2. The van der Waals surface area contributed by atoms with Crippen LogP contribution in [0.4, 0.5) is 0 Å². The number of phenols is 1. The summed E-state index contributed by atoms with van der Waals surface area (Å²) in [6, 6.07) is 12.9. The van der Waals surface area contributed by atoms with Gasteiger partial charge in [-0.05, 0) is 35.8 Å². The second-order valence-corrected chi connectivity index (χ2v) is 5.80. The van der Waals surface area contributed by atoms with Gasteiger partial charge in [-0.1, -0.05) is 54.0 Å². The smallest absolute Gasteiger partial charge is 0.269 e. The van der Waals surface area contributed by atoms with E-state index in [0.717, 1.165) is 12.0 Å². The van der Waals surface area contributed by atoms with Crippen LogP contribution in [0.3, 0.4) is 0 Å². The maximum atomic E-state index is 9.82. The maximum absolute atomic E-state index is 9.82. The molecule has 1 N–H and O–H groups in total. The highest BCUT2D eigenvalue weighted by molar-refractivity contribution is 6.50. The lowest BCUT2D eigenvalue weighted by Crippen LogP contribution is -1.85. The first-order valence-corrected chi connectivity index (χ1v) is 8.16. The van der Waals surface area contributed by atoms with Gasteiger partial charge >= 0.3 is 0 Å². The molecule has 1 heterocycles. The Morgan fingerprint density at radius 3 is 2.64 bits per heavy atom. The minimum Gasteiger partial charge on any atom is -0.504 e. The van der Waals surface area contributed by atoms with E-state index < -0.39 is 0 Å². The molecule has 0 unspecified atom stereocenters. The van der Waals surface area contributed by atoms with Crippen molar-refractivity contribution < 1.29 is 14.4 Å². The summed E-state index contributed by atoms with van der Waals surface area (Å²) in [7, 11) is 1.49. The van der Waals surface area contributed by atoms with Gasteiger partial charge in [0, 0.05) is 5.56 Å². The van der Waals surface area contributed by atoms with Gasteiger partial charge in [-0.25, -0.2) is 0 Å². The van der Waals surface area contributed by atoms with E-state index in [9.17, 15) is 5.11 Å². The molecule has 0 saturated carbocycles. The molecule has 0 fully saturated rings. The zero-order chi connectivity index (χ0) is 17.8. The Kier molecular flexibility index (Phi) is 5.05. The van der Waals surface area contributed by atoms with Gasteiger partial charge in [-0.3, -0.25) is 0 Å². The fourth-order valence-electron chi connectivity index (χ4n) is 2.33. The number of benzene rings is 2. The summed E-state index contributed by atoms with van der Waals surface area (Å²) in [6.45, 7) is 2.10. The lowest BCUT2D eigenvalue weighted by Gasteiger charge is -2.03. The Morgan fingerprint density at radius 1 is 1.24 bits per heavy atom. The summed E-state index contributed by atoms with van der Waals surface area (Å²) < 4.78 is 10.3. The van der Waals surface area contributed by atoms with Gasteiger partial charge in [0.1, 0.15) is 5.03 Å². The zero-order valence-corrected chi connectivity index (χ0v) is 14.6. The predicted octanol–water partition coefficient (Wildman–Crippen LogP) is 4.75. The maximum Gasteiger partial charge on any atom is 0.269 e. The van der Waals surface area contributed by atoms with Crippen LogP contribution in [0.1, 0.15) is 23.9 Å². The molecule has 0 aliphatic heterocycles. The van der Waals surface area contributed by atoms with Crippen LogP contribution in [0.15, 0.2) is 47.0 Å². The molecule has 0 saturated heterocycles. The molecule has 0 radical (unpaired) electrons. The largest absolute Gasteiger partial charge is 0.504 e. The van der Waals surface area contributed by atoms with Crippen LogP contribution in [0.2, 0.25) is 0 Å². The molecule has 0 spiro atoms. The molecule has 128 valence electrons. The molecular weight excluding hydrogens is 340 g/mol. The first-order chi connectivity index (χ1) is 12.1. The van der Waals surface area contributed by atoms with Gasteiger partial charge in [0.25, 0.3) is 5.89 Å². The average molecular weight is 357 g/mol. The Bertz CT molecular complexity index is 901. The number of aromatic hydroxyl groups is 1. The minimum atomic E-state index is 0.0305. The van der Waals surface area contributed by atoms with Crippen LogP contribution in [0, 0.1) is 0 Å². The standard InChI is InChI=1S/C19H17ClN2O3/c1-3-12-4-7-14(8-5-12)18-21-19(25-22-18)15(20)10-13-6-9-17(24-2)16(23)11-13/h4-11,23H,3H2,1-2H3/b15-10-. The topological polar surface area (TPSA) is 68.4 Å². The van der Waals surface area contributed by atoms with E-state index in [1.165, 1.54) is 12.7 Å². The molecular formula is C19H17ClN2O3. The van der Waals surface area contributed by atoms with Crippen molar-refractivity contribution in [3.8, 4) is 22.9 Å². The van der Waals surface area contributed by atoms with E-state index in [4.69, 9.17) is 20.9 Å². The number of methoxy groups -OCH3 is 1. The van der Waals surface area contributed by atoms with Crippen molar-refractivity contribution in [2.75, 3.05) is 7.11 Å². The fourth-order valence-corrected chi connectivity index (χ4v) is 2.53. The van der Waals surface area contributed by atoms with Crippen molar-refractivity contribution in [2.24, 2.45) is 0 Å². The van der Waals surface area contributed by atoms with Crippen LogP contribution < -0.4 is 4.74 Å².